The SMILES string of the molecule is CC(C)(C)NCC(O)COC1CCCCCC1. The van der Waals surface area contributed by atoms with E-state index >= 15 is 0 Å². The summed E-state index contributed by atoms with van der Waals surface area (Å²) >= 11 is 0. The van der Waals surface area contributed by atoms with Crippen molar-refractivity contribution < 1.29 is 9.84 Å². The lowest BCUT2D eigenvalue weighted by Gasteiger charge is -2.24. The summed E-state index contributed by atoms with van der Waals surface area (Å²) in [5, 5.41) is 13.1. The molecule has 3 heteroatoms. The minimum absolute atomic E-state index is 0.0588. The lowest BCUT2D eigenvalue weighted by atomic mass is 10.1. The van der Waals surface area contributed by atoms with Crippen molar-refractivity contribution in [1.82, 2.24) is 5.32 Å². The number of aliphatic hydroxyl groups is 1. The molecule has 0 aromatic carbocycles. The van der Waals surface area contributed by atoms with Gasteiger partial charge in [0.15, 0.2) is 0 Å². The van der Waals surface area contributed by atoms with E-state index in [9.17, 15) is 5.11 Å². The van der Waals surface area contributed by atoms with Crippen LogP contribution >= 0.6 is 0 Å². The normalized spacial score (nSPS) is 21.2. The van der Waals surface area contributed by atoms with Gasteiger partial charge >= 0.3 is 0 Å². The van der Waals surface area contributed by atoms with Crippen LogP contribution in [-0.2, 0) is 4.74 Å². The molecule has 0 bridgehead atoms. The lowest BCUT2D eigenvalue weighted by Crippen LogP contribution is -2.42. The zero-order valence-electron chi connectivity index (χ0n) is 11.7. The molecule has 3 nitrogen and oxygen atoms in total. The fourth-order valence-electron chi connectivity index (χ4n) is 2.14. The summed E-state index contributed by atoms with van der Waals surface area (Å²) in [7, 11) is 0. The summed E-state index contributed by atoms with van der Waals surface area (Å²) in [4.78, 5) is 0. The van der Waals surface area contributed by atoms with E-state index in [2.05, 4.69) is 26.1 Å². The highest BCUT2D eigenvalue weighted by Crippen LogP contribution is 2.19. The fourth-order valence-corrected chi connectivity index (χ4v) is 2.14. The molecule has 0 aromatic heterocycles. The van der Waals surface area contributed by atoms with Gasteiger partial charge in [0.1, 0.15) is 0 Å². The van der Waals surface area contributed by atoms with Crippen LogP contribution in [-0.4, -0.2) is 36.0 Å². The maximum atomic E-state index is 9.83. The van der Waals surface area contributed by atoms with E-state index in [0.717, 1.165) is 0 Å². The molecule has 0 amide bonds. The van der Waals surface area contributed by atoms with Gasteiger partial charge in [-0.25, -0.2) is 0 Å². The Morgan fingerprint density at radius 3 is 2.29 bits per heavy atom. The standard InChI is InChI=1S/C14H29NO2/c1-14(2,3)15-10-12(16)11-17-13-8-6-4-5-7-9-13/h12-13,15-16H,4-11H2,1-3H3. The van der Waals surface area contributed by atoms with Crippen LogP contribution in [0.4, 0.5) is 0 Å². The van der Waals surface area contributed by atoms with Crippen molar-refractivity contribution in [3.8, 4) is 0 Å². The van der Waals surface area contributed by atoms with Crippen LogP contribution in [0.15, 0.2) is 0 Å². The molecule has 2 N–H and O–H groups in total. The summed E-state index contributed by atoms with van der Waals surface area (Å²) in [5.74, 6) is 0. The maximum absolute atomic E-state index is 9.83. The summed E-state index contributed by atoms with van der Waals surface area (Å²) in [6.45, 7) is 7.38. The number of rotatable bonds is 5. The first-order valence-electron chi connectivity index (χ1n) is 7.02. The molecule has 1 aliphatic carbocycles. The van der Waals surface area contributed by atoms with Crippen LogP contribution in [0.2, 0.25) is 0 Å². The molecule has 102 valence electrons. The molecule has 1 aliphatic rings. The molecule has 0 aliphatic heterocycles. The van der Waals surface area contributed by atoms with E-state index in [1.165, 1.54) is 38.5 Å². The molecule has 1 fully saturated rings. The van der Waals surface area contributed by atoms with E-state index in [0.29, 0.717) is 19.3 Å². The summed E-state index contributed by atoms with van der Waals surface area (Å²) < 4.78 is 5.80. The quantitative estimate of drug-likeness (QED) is 0.729. The van der Waals surface area contributed by atoms with Gasteiger partial charge in [0.05, 0.1) is 18.8 Å². The number of ether oxygens (including phenoxy) is 1. The highest BCUT2D eigenvalue weighted by Gasteiger charge is 2.16. The van der Waals surface area contributed by atoms with Crippen molar-refractivity contribution in [2.24, 2.45) is 0 Å². The van der Waals surface area contributed by atoms with Gasteiger partial charge in [-0.3, -0.25) is 0 Å². The Kier molecular flexibility index (Phi) is 6.45. The van der Waals surface area contributed by atoms with Gasteiger partial charge in [-0.1, -0.05) is 25.7 Å². The average Bonchev–Trinajstić information content (AvgIpc) is 2.51. The molecule has 1 atom stereocenters. The third-order valence-electron chi connectivity index (χ3n) is 3.19. The Hall–Kier alpha value is -0.120. The van der Waals surface area contributed by atoms with Crippen LogP contribution in [0.3, 0.4) is 0 Å². The van der Waals surface area contributed by atoms with Gasteiger partial charge in [0.25, 0.3) is 0 Å². The first-order chi connectivity index (χ1) is 7.97. The summed E-state index contributed by atoms with van der Waals surface area (Å²) in [5.41, 5.74) is 0.0588. The molecule has 17 heavy (non-hydrogen) atoms. The fraction of sp³-hybridized carbons (Fsp3) is 1.00. The second-order valence-corrected chi connectivity index (χ2v) is 6.23. The van der Waals surface area contributed by atoms with E-state index in [1.807, 2.05) is 0 Å². The average molecular weight is 243 g/mol. The zero-order chi connectivity index (χ0) is 12.7. The number of hydrogen-bond donors (Lipinski definition) is 2. The number of nitrogens with one attached hydrogen (secondary N) is 1. The van der Waals surface area contributed by atoms with Crippen molar-refractivity contribution in [2.75, 3.05) is 13.2 Å². The number of β-amino-alcohol motifs (C(OH)–C–C–N with tert-alkyl or cyclic N) is 1. The number of aliphatic hydroxyl groups excluding tert-OH is 1. The molecule has 0 radical (unpaired) electrons. The van der Waals surface area contributed by atoms with Crippen LogP contribution in [0.25, 0.3) is 0 Å². The molecule has 1 rings (SSSR count). The minimum atomic E-state index is -0.391. The first kappa shape index (κ1) is 14.9. The molecule has 1 unspecified atom stereocenters. The van der Waals surface area contributed by atoms with Gasteiger partial charge < -0.3 is 15.2 Å². The van der Waals surface area contributed by atoms with E-state index in [-0.39, 0.29) is 5.54 Å². The van der Waals surface area contributed by atoms with Crippen LogP contribution < -0.4 is 5.32 Å². The van der Waals surface area contributed by atoms with Gasteiger partial charge in [-0.05, 0) is 33.6 Å². The third-order valence-corrected chi connectivity index (χ3v) is 3.19. The van der Waals surface area contributed by atoms with Gasteiger partial charge in [-0.2, -0.15) is 0 Å². The monoisotopic (exact) mass is 243 g/mol. The Morgan fingerprint density at radius 1 is 1.18 bits per heavy atom. The maximum Gasteiger partial charge on any atom is 0.0898 e. The van der Waals surface area contributed by atoms with Crippen molar-refractivity contribution >= 4 is 0 Å². The second-order valence-electron chi connectivity index (χ2n) is 6.23. The predicted octanol–water partition coefficient (Wildman–Crippen LogP) is 2.47. The minimum Gasteiger partial charge on any atom is -0.389 e. The molecular weight excluding hydrogens is 214 g/mol. The Labute approximate surface area is 106 Å². The first-order valence-corrected chi connectivity index (χ1v) is 7.02. The Balaban J connectivity index is 2.11. The predicted molar refractivity (Wildman–Crippen MR) is 71.2 cm³/mol. The molecule has 1 saturated carbocycles. The van der Waals surface area contributed by atoms with Crippen molar-refractivity contribution in [2.45, 2.75) is 77.0 Å². The topological polar surface area (TPSA) is 41.5 Å². The lowest BCUT2D eigenvalue weighted by molar-refractivity contribution is -0.0159. The second kappa shape index (κ2) is 7.34. The largest absolute Gasteiger partial charge is 0.389 e. The highest BCUT2D eigenvalue weighted by atomic mass is 16.5. The van der Waals surface area contributed by atoms with E-state index in [1.54, 1.807) is 0 Å². The van der Waals surface area contributed by atoms with E-state index < -0.39 is 6.10 Å². The summed E-state index contributed by atoms with van der Waals surface area (Å²) in [6, 6.07) is 0. The molecule has 0 spiro atoms. The Morgan fingerprint density at radius 2 is 1.76 bits per heavy atom. The van der Waals surface area contributed by atoms with Crippen LogP contribution in [0.1, 0.15) is 59.3 Å². The molecular formula is C14H29NO2. The highest BCUT2D eigenvalue weighted by molar-refractivity contribution is 4.73. The van der Waals surface area contributed by atoms with Gasteiger partial charge in [0.2, 0.25) is 0 Å². The number of hydrogen-bond acceptors (Lipinski definition) is 3. The van der Waals surface area contributed by atoms with E-state index in [4.69, 9.17) is 4.74 Å². The third kappa shape index (κ3) is 7.74. The van der Waals surface area contributed by atoms with Crippen molar-refractivity contribution in [3.05, 3.63) is 0 Å². The zero-order valence-corrected chi connectivity index (χ0v) is 11.7. The Bertz CT molecular complexity index is 193. The van der Waals surface area contributed by atoms with Gasteiger partial charge in [-0.15, -0.1) is 0 Å². The van der Waals surface area contributed by atoms with Crippen molar-refractivity contribution in [3.63, 3.8) is 0 Å². The van der Waals surface area contributed by atoms with Gasteiger partial charge in [0, 0.05) is 12.1 Å². The molecule has 0 saturated heterocycles. The smallest absolute Gasteiger partial charge is 0.0898 e. The van der Waals surface area contributed by atoms with Crippen LogP contribution in [0, 0.1) is 0 Å². The summed E-state index contributed by atoms with van der Waals surface area (Å²) in [6.07, 6.45) is 7.56. The molecule has 0 aromatic rings. The molecule has 0 heterocycles. The van der Waals surface area contributed by atoms with Crippen molar-refractivity contribution in [1.29, 1.82) is 0 Å². The van der Waals surface area contributed by atoms with Crippen LogP contribution in [0.5, 0.6) is 0 Å².